The topological polar surface area (TPSA) is 519 Å². The number of carbonyl (C=O) groups is 13. The number of carboxylic acids is 2. The zero-order chi connectivity index (χ0) is 56.1. The molecule has 0 saturated carbocycles. The van der Waals surface area contributed by atoms with Crippen LogP contribution in [0.25, 0.3) is 0 Å². The Balaban J connectivity index is 5.89. The molecular weight excluding hydrogens is 991 g/mol. The SMILES string of the molecule is CC[C@H](C)[C@H](NC(=O)[C@@H](N)CC(=O)O)C(=O)NCC(=O)NCC(=O)N[C@@H](CO)C(=O)N[C@@H](CCCN=C(N)N)C(=O)N[C@@H](CCC(N)=O)C(=O)NCC(=O)N[C@@H](CS)C(=O)N[C@H](C(=O)N[C@@H](C)C(=O)O)C(C)C. The molecule has 0 spiro atoms. The van der Waals surface area contributed by atoms with Crippen LogP contribution in [0.15, 0.2) is 4.99 Å². The van der Waals surface area contributed by atoms with Gasteiger partial charge in [0.1, 0.15) is 42.3 Å². The lowest BCUT2D eigenvalue weighted by Crippen LogP contribution is -2.59. The number of hydrogen-bond donors (Lipinski definition) is 18. The average Bonchev–Trinajstić information content (AvgIpc) is 3.31. The van der Waals surface area contributed by atoms with Gasteiger partial charge in [0, 0.05) is 18.7 Å². The Kier molecular flexibility index (Phi) is 30.7. The molecule has 0 unspecified atom stereocenters. The highest BCUT2D eigenvalue weighted by molar-refractivity contribution is 7.80. The molecule has 0 aromatic rings. The zero-order valence-electron chi connectivity index (χ0n) is 41.1. The van der Waals surface area contributed by atoms with Crippen LogP contribution in [-0.4, -0.2) is 185 Å². The molecule has 21 N–H and O–H groups in total. The third-order valence-electron chi connectivity index (χ3n) is 10.4. The van der Waals surface area contributed by atoms with E-state index in [2.05, 4.69) is 70.8 Å². The van der Waals surface area contributed by atoms with Crippen molar-refractivity contribution in [2.75, 3.05) is 38.5 Å². The standard InChI is InChI=1S/C41H71N15O16S/c1-6-19(4)32(56-33(64)21(42)12-30(62)63)38(69)49-13-27(59)47-14-28(60)51-24(16-57)36(67)53-22(8-7-11-46-41(44)45)35(66)54-23(9-10-26(43)58)34(65)48-15-29(61)52-25(17-73)37(68)55-31(18(2)3)39(70)50-20(5)40(71)72/h18-25,31-32,57,73H,6-17,42H2,1-5H3,(H2,43,58)(H,47,59)(H,48,65)(H,49,69)(H,50,70)(H,51,60)(H,52,61)(H,53,67)(H,54,66)(H,55,68)(H,56,64)(H,62,63)(H,71,72)(H4,44,45,46)/t19-,20-,21-,22-,23-,24-,25-,31-,32-/m0/s1. The Morgan fingerprint density at radius 1 is 0.575 bits per heavy atom. The Morgan fingerprint density at radius 2 is 1.08 bits per heavy atom. The number of rotatable bonds is 35. The molecule has 73 heavy (non-hydrogen) atoms. The lowest BCUT2D eigenvalue weighted by molar-refractivity contribution is -0.142. The molecule has 0 fully saturated rings. The van der Waals surface area contributed by atoms with Crippen molar-refractivity contribution in [1.82, 2.24) is 53.2 Å². The van der Waals surface area contributed by atoms with Crippen LogP contribution in [0.4, 0.5) is 0 Å². The molecule has 0 rings (SSSR count). The molecule has 0 aromatic heterocycles. The fraction of sp³-hybridized carbons (Fsp3) is 0.659. The van der Waals surface area contributed by atoms with Crippen LogP contribution in [0.1, 0.15) is 73.1 Å². The summed E-state index contributed by atoms with van der Waals surface area (Å²) in [5, 5.41) is 51.0. The van der Waals surface area contributed by atoms with Gasteiger partial charge < -0.3 is 91.4 Å². The van der Waals surface area contributed by atoms with Gasteiger partial charge in [-0.25, -0.2) is 0 Å². The maximum Gasteiger partial charge on any atom is 0.325 e. The van der Waals surface area contributed by atoms with Crippen LogP contribution in [0.2, 0.25) is 0 Å². The monoisotopic (exact) mass is 1060 g/mol. The molecule has 0 saturated heterocycles. The summed E-state index contributed by atoms with van der Waals surface area (Å²) in [7, 11) is 0. The number of primary amides is 1. The first-order valence-electron chi connectivity index (χ1n) is 22.8. The molecule has 0 heterocycles. The number of nitrogens with two attached hydrogens (primary N) is 4. The second-order valence-electron chi connectivity index (χ2n) is 16.8. The summed E-state index contributed by atoms with van der Waals surface area (Å²) in [6.45, 7) is 4.31. The smallest absolute Gasteiger partial charge is 0.325 e. The van der Waals surface area contributed by atoms with Crippen molar-refractivity contribution in [1.29, 1.82) is 0 Å². The number of nitrogens with one attached hydrogen (secondary N) is 10. The van der Waals surface area contributed by atoms with E-state index in [1.54, 1.807) is 27.7 Å². The highest BCUT2D eigenvalue weighted by Gasteiger charge is 2.33. The van der Waals surface area contributed by atoms with Crippen LogP contribution in [0.5, 0.6) is 0 Å². The van der Waals surface area contributed by atoms with Gasteiger partial charge in [-0.2, -0.15) is 12.6 Å². The van der Waals surface area contributed by atoms with Crippen LogP contribution in [0.3, 0.4) is 0 Å². The molecule has 31 nitrogen and oxygen atoms in total. The number of guanidine groups is 1. The Bertz CT molecular complexity index is 2010. The molecule has 9 atom stereocenters. The van der Waals surface area contributed by atoms with E-state index in [1.165, 1.54) is 6.92 Å². The van der Waals surface area contributed by atoms with Gasteiger partial charge in [-0.15, -0.1) is 0 Å². The molecule has 0 aliphatic carbocycles. The number of amides is 11. The van der Waals surface area contributed by atoms with E-state index < -0.39 is 183 Å². The summed E-state index contributed by atoms with van der Waals surface area (Å²) < 4.78 is 0. The maximum absolute atomic E-state index is 13.7. The Morgan fingerprint density at radius 3 is 1.59 bits per heavy atom. The molecular formula is C41H71N15O16S. The number of aliphatic carboxylic acids is 2. The van der Waals surface area contributed by atoms with E-state index in [1.807, 2.05) is 0 Å². The number of thiol groups is 1. The van der Waals surface area contributed by atoms with E-state index in [-0.39, 0.29) is 31.1 Å². The van der Waals surface area contributed by atoms with Gasteiger partial charge in [0.05, 0.1) is 38.7 Å². The van der Waals surface area contributed by atoms with Crippen molar-refractivity contribution >= 4 is 95.5 Å². The summed E-state index contributed by atoms with van der Waals surface area (Å²) >= 11 is 4.07. The van der Waals surface area contributed by atoms with Crippen molar-refractivity contribution in [3.63, 3.8) is 0 Å². The molecule has 11 amide bonds. The summed E-state index contributed by atoms with van der Waals surface area (Å²) in [6, 6.07) is -11.4. The number of carboxylic acid groups (broad SMARTS) is 2. The fourth-order valence-corrected chi connectivity index (χ4v) is 6.21. The minimum absolute atomic E-state index is 0.0278. The van der Waals surface area contributed by atoms with Crippen LogP contribution in [0, 0.1) is 11.8 Å². The van der Waals surface area contributed by atoms with E-state index >= 15 is 0 Å². The summed E-state index contributed by atoms with van der Waals surface area (Å²) in [5.74, 6) is -14.7. The van der Waals surface area contributed by atoms with Crippen LogP contribution < -0.4 is 76.1 Å². The predicted molar refractivity (Wildman–Crippen MR) is 260 cm³/mol. The molecule has 0 bridgehead atoms. The maximum atomic E-state index is 13.7. The van der Waals surface area contributed by atoms with E-state index in [4.69, 9.17) is 33.1 Å². The van der Waals surface area contributed by atoms with Gasteiger partial charge in [-0.05, 0) is 38.0 Å². The summed E-state index contributed by atoms with van der Waals surface area (Å²) in [5.41, 5.74) is 21.6. The third kappa shape index (κ3) is 26.6. The third-order valence-corrected chi connectivity index (χ3v) is 10.7. The summed E-state index contributed by atoms with van der Waals surface area (Å²) in [4.78, 5) is 167. The second kappa shape index (κ2) is 34.1. The molecule has 32 heteroatoms. The Labute approximate surface area is 425 Å². The number of carbonyl (C=O) groups excluding carboxylic acids is 11. The Hall–Kier alpha value is -7.35. The van der Waals surface area contributed by atoms with Crippen LogP contribution in [-0.2, 0) is 62.3 Å². The summed E-state index contributed by atoms with van der Waals surface area (Å²) in [6.07, 6.45) is -1.41. The van der Waals surface area contributed by atoms with Crippen molar-refractivity contribution in [2.45, 2.75) is 121 Å². The van der Waals surface area contributed by atoms with Gasteiger partial charge in [-0.3, -0.25) is 67.3 Å². The molecule has 412 valence electrons. The van der Waals surface area contributed by atoms with E-state index in [0.29, 0.717) is 6.42 Å². The number of nitrogens with zero attached hydrogens (tertiary/aromatic N) is 1. The van der Waals surface area contributed by atoms with E-state index in [9.17, 15) is 67.4 Å². The largest absolute Gasteiger partial charge is 0.481 e. The zero-order valence-corrected chi connectivity index (χ0v) is 42.0. The number of aliphatic hydroxyl groups excluding tert-OH is 1. The first-order valence-corrected chi connectivity index (χ1v) is 23.4. The van der Waals surface area contributed by atoms with Gasteiger partial charge in [0.15, 0.2) is 5.96 Å². The number of hydrogen-bond acceptors (Lipinski definition) is 17. The van der Waals surface area contributed by atoms with Crippen molar-refractivity contribution in [2.24, 2.45) is 39.8 Å². The normalized spacial score (nSPS) is 14.5. The first-order chi connectivity index (χ1) is 34.1. The molecule has 0 aliphatic heterocycles. The van der Waals surface area contributed by atoms with Gasteiger partial charge >= 0.3 is 11.9 Å². The number of aliphatic hydroxyl groups is 1. The van der Waals surface area contributed by atoms with Gasteiger partial charge in [0.2, 0.25) is 65.0 Å². The fourth-order valence-electron chi connectivity index (χ4n) is 5.96. The van der Waals surface area contributed by atoms with Crippen molar-refractivity contribution < 1.29 is 77.6 Å². The van der Waals surface area contributed by atoms with Crippen LogP contribution >= 0.6 is 12.6 Å². The number of aliphatic imine (C=N–C) groups is 1. The van der Waals surface area contributed by atoms with Crippen molar-refractivity contribution in [3.05, 3.63) is 0 Å². The molecule has 0 aliphatic rings. The molecule has 0 aromatic carbocycles. The minimum Gasteiger partial charge on any atom is -0.481 e. The van der Waals surface area contributed by atoms with E-state index in [0.717, 1.165) is 0 Å². The lowest BCUT2D eigenvalue weighted by atomic mass is 9.97. The highest BCUT2D eigenvalue weighted by atomic mass is 32.1. The van der Waals surface area contributed by atoms with Crippen molar-refractivity contribution in [3.8, 4) is 0 Å². The average molecular weight is 1060 g/mol. The molecule has 0 radical (unpaired) electrons. The lowest BCUT2D eigenvalue weighted by Gasteiger charge is -2.26. The minimum atomic E-state index is -1.74. The van der Waals surface area contributed by atoms with Gasteiger partial charge in [0.25, 0.3) is 0 Å². The first kappa shape index (κ1) is 65.7. The second-order valence-corrected chi connectivity index (χ2v) is 17.1. The highest BCUT2D eigenvalue weighted by Crippen LogP contribution is 2.09. The predicted octanol–water partition coefficient (Wildman–Crippen LogP) is -8.42. The quantitative estimate of drug-likeness (QED) is 0.0121. The van der Waals surface area contributed by atoms with Gasteiger partial charge in [-0.1, -0.05) is 34.1 Å².